The Morgan fingerprint density at radius 1 is 1.23 bits per heavy atom. The van der Waals surface area contributed by atoms with Crippen molar-refractivity contribution in [3.05, 3.63) is 63.4 Å². The van der Waals surface area contributed by atoms with Gasteiger partial charge < -0.3 is 5.32 Å². The highest BCUT2D eigenvalue weighted by atomic mass is 127. The summed E-state index contributed by atoms with van der Waals surface area (Å²) in [5.74, 6) is 0.318. The van der Waals surface area contributed by atoms with Crippen molar-refractivity contribution in [3.63, 3.8) is 0 Å². The Morgan fingerprint density at radius 3 is 2.64 bits per heavy atom. The lowest BCUT2D eigenvalue weighted by Crippen LogP contribution is -2.33. The number of amides is 1. The van der Waals surface area contributed by atoms with E-state index in [1.54, 1.807) is 6.08 Å². The predicted octanol–water partition coefficient (Wildman–Crippen LogP) is 3.52. The fraction of sp³-hybridized carbons (Fsp3) is 0.0625. The van der Waals surface area contributed by atoms with Crippen LogP contribution in [0.2, 0.25) is 0 Å². The first-order valence-corrected chi connectivity index (χ1v) is 8.01. The van der Waals surface area contributed by atoms with E-state index in [0.29, 0.717) is 5.82 Å². The monoisotopic (exact) mass is 423 g/mol. The molecule has 0 saturated heterocycles. The van der Waals surface area contributed by atoms with Crippen molar-refractivity contribution in [2.45, 2.75) is 6.92 Å². The van der Waals surface area contributed by atoms with Crippen LogP contribution in [0, 0.1) is 10.5 Å². The number of aryl methyl sites for hydroxylation is 1. The molecule has 112 valence electrons. The molecule has 0 bridgehead atoms. The Hall–Kier alpha value is -1.80. The summed E-state index contributed by atoms with van der Waals surface area (Å²) in [5.41, 5.74) is 1.86. The number of thiocarbonyl (C=S) groups is 1. The summed E-state index contributed by atoms with van der Waals surface area (Å²) in [5, 5.41) is 5.69. The summed E-state index contributed by atoms with van der Waals surface area (Å²) in [7, 11) is 0. The second-order valence-corrected chi connectivity index (χ2v) is 6.02. The van der Waals surface area contributed by atoms with Gasteiger partial charge in [-0.1, -0.05) is 30.3 Å². The van der Waals surface area contributed by atoms with Gasteiger partial charge in [-0.3, -0.25) is 10.1 Å². The molecule has 22 heavy (non-hydrogen) atoms. The summed E-state index contributed by atoms with van der Waals surface area (Å²) in [6, 6.07) is 13.3. The number of pyridine rings is 1. The van der Waals surface area contributed by atoms with Gasteiger partial charge in [0.2, 0.25) is 5.91 Å². The maximum Gasteiger partial charge on any atom is 0.250 e. The molecular formula is C16H14IN3OS. The average molecular weight is 423 g/mol. The zero-order chi connectivity index (χ0) is 15.9. The molecule has 0 radical (unpaired) electrons. The number of carbonyl (C=O) groups is 1. The van der Waals surface area contributed by atoms with E-state index in [0.717, 1.165) is 14.8 Å². The molecule has 2 aromatic rings. The van der Waals surface area contributed by atoms with E-state index in [9.17, 15) is 4.79 Å². The van der Waals surface area contributed by atoms with Crippen molar-refractivity contribution in [1.82, 2.24) is 10.3 Å². The third-order valence-corrected chi connectivity index (χ3v) is 4.07. The number of nitrogens with zero attached hydrogens (tertiary/aromatic N) is 1. The molecule has 0 aliphatic carbocycles. The number of hydrogen-bond donors (Lipinski definition) is 2. The minimum atomic E-state index is -0.288. The predicted molar refractivity (Wildman–Crippen MR) is 102 cm³/mol. The number of hydrogen-bond acceptors (Lipinski definition) is 3. The first kappa shape index (κ1) is 16.6. The first-order chi connectivity index (χ1) is 10.5. The standard InChI is InChI=1S/C16H14IN3OS/c1-11-13(17)8-9-14(18-11)19-16(22)20-15(21)10-7-12-5-3-2-4-6-12/h2-10H,1H3,(H2,18,19,20,21,22)/b10-7+. The first-order valence-electron chi connectivity index (χ1n) is 6.53. The van der Waals surface area contributed by atoms with Crippen LogP contribution in [0.15, 0.2) is 48.5 Å². The highest BCUT2D eigenvalue weighted by molar-refractivity contribution is 14.1. The van der Waals surface area contributed by atoms with Crippen molar-refractivity contribution in [3.8, 4) is 0 Å². The quantitative estimate of drug-likeness (QED) is 0.451. The molecule has 1 aromatic carbocycles. The zero-order valence-electron chi connectivity index (χ0n) is 11.8. The summed E-state index contributed by atoms with van der Waals surface area (Å²) < 4.78 is 1.07. The van der Waals surface area contributed by atoms with E-state index in [1.165, 1.54) is 6.08 Å². The third kappa shape index (κ3) is 5.19. The molecule has 1 amide bonds. The summed E-state index contributed by atoms with van der Waals surface area (Å²) >= 11 is 7.31. The fourth-order valence-electron chi connectivity index (χ4n) is 1.65. The van der Waals surface area contributed by atoms with Crippen LogP contribution in [0.4, 0.5) is 5.82 Å². The molecule has 0 spiro atoms. The minimum absolute atomic E-state index is 0.218. The number of nitrogens with one attached hydrogen (secondary N) is 2. The van der Waals surface area contributed by atoms with Gasteiger partial charge in [0, 0.05) is 9.65 Å². The zero-order valence-corrected chi connectivity index (χ0v) is 14.8. The normalized spacial score (nSPS) is 10.5. The van der Waals surface area contributed by atoms with Crippen LogP contribution in [-0.4, -0.2) is 16.0 Å². The minimum Gasteiger partial charge on any atom is -0.317 e. The molecule has 0 unspecified atom stereocenters. The average Bonchev–Trinajstić information content (AvgIpc) is 2.50. The van der Waals surface area contributed by atoms with Crippen molar-refractivity contribution in [2.75, 3.05) is 5.32 Å². The lowest BCUT2D eigenvalue weighted by molar-refractivity contribution is -0.115. The van der Waals surface area contributed by atoms with Crippen molar-refractivity contribution in [2.24, 2.45) is 0 Å². The second kappa shape index (κ2) is 8.00. The summed E-state index contributed by atoms with van der Waals surface area (Å²) in [4.78, 5) is 16.1. The molecule has 4 nitrogen and oxygen atoms in total. The lowest BCUT2D eigenvalue weighted by atomic mass is 10.2. The number of anilines is 1. The molecule has 2 N–H and O–H groups in total. The van der Waals surface area contributed by atoms with Crippen LogP contribution >= 0.6 is 34.8 Å². The third-order valence-electron chi connectivity index (χ3n) is 2.73. The van der Waals surface area contributed by atoms with E-state index in [4.69, 9.17) is 12.2 Å². The molecule has 0 aliphatic heterocycles. The van der Waals surface area contributed by atoms with E-state index in [2.05, 4.69) is 38.2 Å². The summed E-state index contributed by atoms with van der Waals surface area (Å²) in [6.45, 7) is 1.91. The molecule has 0 atom stereocenters. The Morgan fingerprint density at radius 2 is 1.95 bits per heavy atom. The number of halogens is 1. The highest BCUT2D eigenvalue weighted by Gasteiger charge is 2.04. The molecule has 1 aromatic heterocycles. The van der Waals surface area contributed by atoms with E-state index in [-0.39, 0.29) is 11.0 Å². The van der Waals surface area contributed by atoms with Crippen LogP contribution in [-0.2, 0) is 4.79 Å². The highest BCUT2D eigenvalue weighted by Crippen LogP contribution is 2.12. The topological polar surface area (TPSA) is 54.0 Å². The molecule has 0 fully saturated rings. The van der Waals surface area contributed by atoms with E-state index < -0.39 is 0 Å². The van der Waals surface area contributed by atoms with Gasteiger partial charge in [-0.2, -0.15) is 0 Å². The van der Waals surface area contributed by atoms with Crippen LogP contribution in [0.5, 0.6) is 0 Å². The molecule has 0 saturated carbocycles. The summed E-state index contributed by atoms with van der Waals surface area (Å²) in [6.07, 6.45) is 3.17. The maximum absolute atomic E-state index is 11.8. The SMILES string of the molecule is Cc1nc(NC(=S)NC(=O)/C=C/c2ccccc2)ccc1I. The molecular weight excluding hydrogens is 409 g/mol. The van der Waals surface area contributed by atoms with Gasteiger partial charge in [-0.05, 0) is 65.5 Å². The van der Waals surface area contributed by atoms with Crippen LogP contribution in [0.1, 0.15) is 11.3 Å². The van der Waals surface area contributed by atoms with Crippen molar-refractivity contribution < 1.29 is 4.79 Å². The van der Waals surface area contributed by atoms with Gasteiger partial charge in [-0.15, -0.1) is 0 Å². The van der Waals surface area contributed by atoms with Gasteiger partial charge in [0.05, 0.1) is 5.69 Å². The van der Waals surface area contributed by atoms with Gasteiger partial charge in [0.25, 0.3) is 0 Å². The van der Waals surface area contributed by atoms with E-state index >= 15 is 0 Å². The van der Waals surface area contributed by atoms with Crippen LogP contribution < -0.4 is 10.6 Å². The van der Waals surface area contributed by atoms with Crippen LogP contribution in [0.3, 0.4) is 0 Å². The largest absolute Gasteiger partial charge is 0.317 e. The Labute approximate surface area is 148 Å². The molecule has 6 heteroatoms. The van der Waals surface area contributed by atoms with Gasteiger partial charge in [0.1, 0.15) is 5.82 Å². The van der Waals surface area contributed by atoms with Crippen molar-refractivity contribution in [1.29, 1.82) is 0 Å². The molecule has 2 rings (SSSR count). The Kier molecular flexibility index (Phi) is 6.02. The fourth-order valence-corrected chi connectivity index (χ4v) is 2.16. The van der Waals surface area contributed by atoms with E-state index in [1.807, 2.05) is 49.4 Å². The Balaban J connectivity index is 1.90. The lowest BCUT2D eigenvalue weighted by Gasteiger charge is -2.08. The molecule has 1 heterocycles. The van der Waals surface area contributed by atoms with Crippen LogP contribution in [0.25, 0.3) is 6.08 Å². The number of carbonyl (C=O) groups excluding carboxylic acids is 1. The van der Waals surface area contributed by atoms with Gasteiger partial charge in [0.15, 0.2) is 5.11 Å². The van der Waals surface area contributed by atoms with Gasteiger partial charge in [-0.25, -0.2) is 4.98 Å². The molecule has 0 aliphatic rings. The number of aromatic nitrogens is 1. The van der Waals surface area contributed by atoms with Crippen molar-refractivity contribution >= 4 is 57.7 Å². The smallest absolute Gasteiger partial charge is 0.250 e. The maximum atomic E-state index is 11.8. The number of rotatable bonds is 3. The van der Waals surface area contributed by atoms with Gasteiger partial charge >= 0.3 is 0 Å². The Bertz CT molecular complexity index is 717. The number of benzene rings is 1. The second-order valence-electron chi connectivity index (χ2n) is 4.45.